The van der Waals surface area contributed by atoms with Crippen LogP contribution in [0.4, 0.5) is 17.6 Å². The first kappa shape index (κ1) is 24.6. The molecule has 0 spiro atoms. The molecule has 182 valence electrons. The molecule has 2 aliphatic heterocycles. The predicted molar refractivity (Wildman–Crippen MR) is 119 cm³/mol. The van der Waals surface area contributed by atoms with E-state index in [1.54, 1.807) is 12.1 Å². The van der Waals surface area contributed by atoms with Crippen LogP contribution in [0.5, 0.6) is 5.75 Å². The van der Waals surface area contributed by atoms with Crippen LogP contribution in [0.3, 0.4) is 0 Å². The van der Waals surface area contributed by atoms with Gasteiger partial charge < -0.3 is 14.9 Å². The van der Waals surface area contributed by atoms with E-state index >= 15 is 0 Å². The van der Waals surface area contributed by atoms with Gasteiger partial charge >= 0.3 is 6.18 Å². The van der Waals surface area contributed by atoms with Gasteiger partial charge in [-0.15, -0.1) is 0 Å². The number of carbonyl (C=O) groups excluding carboxylic acids is 1. The van der Waals surface area contributed by atoms with Crippen LogP contribution in [-0.4, -0.2) is 24.4 Å². The SMILES string of the molecule is CCCC(=O)NCc1ccc(C2=NOC(c3cc(Cl)c(F)c(Cl)c3)(C(F)(F)F)C2)c2c1OCC2. The molecule has 1 atom stereocenters. The van der Waals surface area contributed by atoms with Gasteiger partial charge in [0.1, 0.15) is 5.75 Å². The number of nitrogens with one attached hydrogen (secondary N) is 1. The molecule has 0 radical (unpaired) electrons. The van der Waals surface area contributed by atoms with E-state index < -0.39 is 39.6 Å². The number of ether oxygens (including phenoxy) is 1. The molecular formula is C23H20Cl2F4N2O3. The molecule has 11 heteroatoms. The molecule has 34 heavy (non-hydrogen) atoms. The Hall–Kier alpha value is -2.52. The van der Waals surface area contributed by atoms with Crippen LogP contribution in [-0.2, 0) is 28.2 Å². The van der Waals surface area contributed by atoms with Gasteiger partial charge in [0.05, 0.1) is 22.4 Å². The fourth-order valence-electron chi connectivity index (χ4n) is 4.12. The van der Waals surface area contributed by atoms with Crippen molar-refractivity contribution >= 4 is 34.8 Å². The minimum Gasteiger partial charge on any atom is -0.493 e. The number of nitrogens with zero attached hydrogens (tertiary/aromatic N) is 1. The Morgan fingerprint density at radius 2 is 1.94 bits per heavy atom. The summed E-state index contributed by atoms with van der Waals surface area (Å²) >= 11 is 11.5. The number of hydrogen-bond donors (Lipinski definition) is 1. The van der Waals surface area contributed by atoms with Gasteiger partial charge in [-0.2, -0.15) is 13.2 Å². The molecule has 5 nitrogen and oxygen atoms in total. The number of alkyl halides is 3. The van der Waals surface area contributed by atoms with E-state index in [1.165, 1.54) is 0 Å². The van der Waals surface area contributed by atoms with E-state index in [0.29, 0.717) is 42.7 Å². The number of halogens is 6. The summed E-state index contributed by atoms with van der Waals surface area (Å²) in [6.45, 7) is 2.49. The summed E-state index contributed by atoms with van der Waals surface area (Å²) in [7, 11) is 0. The Morgan fingerprint density at radius 1 is 1.24 bits per heavy atom. The lowest BCUT2D eigenvalue weighted by Gasteiger charge is -2.29. The Bertz CT molecular complexity index is 1150. The zero-order valence-corrected chi connectivity index (χ0v) is 19.5. The molecule has 2 aromatic carbocycles. The number of oxime groups is 1. The van der Waals surface area contributed by atoms with Crippen LogP contribution in [0.15, 0.2) is 29.4 Å². The summed E-state index contributed by atoms with van der Waals surface area (Å²) in [5, 5.41) is 5.49. The lowest BCUT2D eigenvalue weighted by Crippen LogP contribution is -2.42. The van der Waals surface area contributed by atoms with Crippen LogP contribution >= 0.6 is 23.2 Å². The highest BCUT2D eigenvalue weighted by molar-refractivity contribution is 6.35. The van der Waals surface area contributed by atoms with E-state index in [0.717, 1.165) is 17.7 Å². The van der Waals surface area contributed by atoms with Crippen LogP contribution < -0.4 is 10.1 Å². The van der Waals surface area contributed by atoms with Gasteiger partial charge in [-0.1, -0.05) is 47.4 Å². The Balaban J connectivity index is 1.67. The van der Waals surface area contributed by atoms with Crippen LogP contribution in [0, 0.1) is 5.82 Å². The summed E-state index contributed by atoms with van der Waals surface area (Å²) < 4.78 is 62.4. The van der Waals surface area contributed by atoms with Gasteiger partial charge in [0.15, 0.2) is 5.82 Å². The first-order chi connectivity index (χ1) is 16.1. The van der Waals surface area contributed by atoms with Crippen molar-refractivity contribution < 1.29 is 31.9 Å². The Morgan fingerprint density at radius 3 is 2.59 bits per heavy atom. The average molecular weight is 519 g/mol. The fraction of sp³-hybridized carbons (Fsp3) is 0.391. The summed E-state index contributed by atoms with van der Waals surface area (Å²) in [5.74, 6) is -0.590. The molecule has 2 heterocycles. The standard InChI is InChI=1S/C23H20Cl2F4N2O3/c1-2-3-19(32)30-11-12-4-5-14(15-6-7-33-21(12)15)18-10-22(34-31-18,23(27,28)29)13-8-16(24)20(26)17(25)9-13/h4-5,8-9H,2-3,6-7,10-11H2,1H3,(H,30,32). The van der Waals surface area contributed by atoms with E-state index in [4.69, 9.17) is 32.8 Å². The molecule has 1 N–H and O–H groups in total. The van der Waals surface area contributed by atoms with Crippen LogP contribution in [0.2, 0.25) is 10.0 Å². The first-order valence-electron chi connectivity index (χ1n) is 10.6. The normalized spacial score (nSPS) is 19.3. The quantitative estimate of drug-likeness (QED) is 0.373. The molecule has 0 aromatic heterocycles. The fourth-order valence-corrected chi connectivity index (χ4v) is 4.60. The van der Waals surface area contributed by atoms with Gasteiger partial charge in [-0.25, -0.2) is 4.39 Å². The minimum absolute atomic E-state index is 0.0669. The highest BCUT2D eigenvalue weighted by Gasteiger charge is 2.62. The molecule has 0 fully saturated rings. The van der Waals surface area contributed by atoms with Crippen molar-refractivity contribution in [1.82, 2.24) is 5.32 Å². The topological polar surface area (TPSA) is 59.9 Å². The highest BCUT2D eigenvalue weighted by Crippen LogP contribution is 2.50. The number of amides is 1. The highest BCUT2D eigenvalue weighted by atomic mass is 35.5. The number of carbonyl (C=O) groups is 1. The summed E-state index contributed by atoms with van der Waals surface area (Å²) in [4.78, 5) is 16.9. The zero-order valence-electron chi connectivity index (χ0n) is 18.0. The maximum Gasteiger partial charge on any atom is 0.435 e. The molecule has 0 bridgehead atoms. The minimum atomic E-state index is -4.90. The predicted octanol–water partition coefficient (Wildman–Crippen LogP) is 6.07. The van der Waals surface area contributed by atoms with Crippen molar-refractivity contribution in [1.29, 1.82) is 0 Å². The van der Waals surface area contributed by atoms with Crippen molar-refractivity contribution in [2.24, 2.45) is 5.16 Å². The molecule has 0 aliphatic carbocycles. The van der Waals surface area contributed by atoms with Crippen LogP contribution in [0.25, 0.3) is 0 Å². The third-order valence-electron chi connectivity index (χ3n) is 5.84. The first-order valence-corrected chi connectivity index (χ1v) is 11.3. The third-order valence-corrected chi connectivity index (χ3v) is 6.39. The lowest BCUT2D eigenvalue weighted by molar-refractivity contribution is -0.275. The number of benzene rings is 2. The van der Waals surface area contributed by atoms with Gasteiger partial charge in [0.25, 0.3) is 5.60 Å². The summed E-state index contributed by atoms with van der Waals surface area (Å²) in [6.07, 6.45) is -3.98. The van der Waals surface area contributed by atoms with Gasteiger partial charge in [-0.3, -0.25) is 4.79 Å². The average Bonchev–Trinajstić information content (AvgIpc) is 3.44. The van der Waals surface area contributed by atoms with E-state index in [2.05, 4.69) is 10.5 Å². The molecule has 0 saturated carbocycles. The van der Waals surface area contributed by atoms with E-state index in [-0.39, 0.29) is 18.2 Å². The monoisotopic (exact) mass is 518 g/mol. The molecule has 1 unspecified atom stereocenters. The Kier molecular flexibility index (Phi) is 6.70. The van der Waals surface area contributed by atoms with Crippen molar-refractivity contribution in [3.8, 4) is 5.75 Å². The van der Waals surface area contributed by atoms with Gasteiger partial charge in [0, 0.05) is 48.1 Å². The third kappa shape index (κ3) is 4.31. The molecular weight excluding hydrogens is 499 g/mol. The smallest absolute Gasteiger partial charge is 0.435 e. The van der Waals surface area contributed by atoms with Gasteiger partial charge in [0.2, 0.25) is 5.91 Å². The zero-order chi connectivity index (χ0) is 24.7. The number of rotatable bonds is 6. The second kappa shape index (κ2) is 9.26. The Labute approximate surface area is 203 Å². The number of fused-ring (bicyclic) bond motifs is 1. The molecule has 4 rings (SSSR count). The maximum atomic E-state index is 14.3. The van der Waals surface area contributed by atoms with Crippen molar-refractivity contribution in [2.45, 2.75) is 50.9 Å². The van der Waals surface area contributed by atoms with Crippen molar-refractivity contribution in [3.05, 3.63) is 62.4 Å². The van der Waals surface area contributed by atoms with Crippen molar-refractivity contribution in [3.63, 3.8) is 0 Å². The summed E-state index contributed by atoms with van der Waals surface area (Å²) in [6, 6.07) is 5.04. The van der Waals surface area contributed by atoms with Crippen molar-refractivity contribution in [2.75, 3.05) is 6.61 Å². The van der Waals surface area contributed by atoms with Gasteiger partial charge in [-0.05, 0) is 18.6 Å². The van der Waals surface area contributed by atoms with E-state index in [1.807, 2.05) is 6.92 Å². The number of hydrogen-bond acceptors (Lipinski definition) is 4. The molecule has 2 aliphatic rings. The second-order valence-corrected chi connectivity index (χ2v) is 8.90. The van der Waals surface area contributed by atoms with E-state index in [9.17, 15) is 22.4 Å². The largest absolute Gasteiger partial charge is 0.493 e. The van der Waals surface area contributed by atoms with Crippen LogP contribution in [0.1, 0.15) is 48.4 Å². The molecule has 1 amide bonds. The lowest BCUT2D eigenvalue weighted by atomic mass is 9.85. The molecule has 0 saturated heterocycles. The maximum absolute atomic E-state index is 14.3. The molecule has 2 aromatic rings. The second-order valence-electron chi connectivity index (χ2n) is 8.09. The summed E-state index contributed by atoms with van der Waals surface area (Å²) in [5.41, 5.74) is -1.38.